The molecular weight excluding hydrogens is 336 g/mol. The molecular formula is C17H18GaNOS-. The van der Waals surface area contributed by atoms with Gasteiger partial charge in [-0.05, 0) is 12.1 Å². The molecule has 3 rings (SSSR count). The van der Waals surface area contributed by atoms with Crippen molar-refractivity contribution in [2.24, 2.45) is 0 Å². The second-order valence-electron chi connectivity index (χ2n) is 3.48. The van der Waals surface area contributed by atoms with Crippen LogP contribution in [0.3, 0.4) is 0 Å². The number of nitrogens with zero attached hydrogens (tertiary/aromatic N) is 1. The first-order valence-corrected chi connectivity index (χ1v) is 7.19. The Balaban J connectivity index is 0.000000741. The van der Waals surface area contributed by atoms with Crippen molar-refractivity contribution in [2.75, 3.05) is 0 Å². The minimum Gasteiger partial charge on any atom is -0.872 e. The fraction of sp³-hybridized carbons (Fsp3) is 0.118. The second kappa shape index (κ2) is 10.5. The average Bonchev–Trinajstić information content (AvgIpc) is 2.95. The van der Waals surface area contributed by atoms with E-state index in [0.717, 1.165) is 15.2 Å². The molecule has 0 aliphatic rings. The topological polar surface area (TPSA) is 36.0 Å². The minimum absolute atomic E-state index is 0. The first kappa shape index (κ1) is 19.8. The van der Waals surface area contributed by atoms with Gasteiger partial charge in [-0.15, -0.1) is 11.3 Å². The van der Waals surface area contributed by atoms with Crippen LogP contribution in [-0.2, 0) is 0 Å². The fourth-order valence-corrected chi connectivity index (χ4v) is 2.63. The Morgan fingerprint density at radius 3 is 2.10 bits per heavy atom. The van der Waals surface area contributed by atoms with E-state index in [-0.39, 0.29) is 25.5 Å². The maximum Gasteiger partial charge on any atom is 0.123 e. The molecule has 0 atom stereocenters. The van der Waals surface area contributed by atoms with Crippen LogP contribution in [0, 0.1) is 13.8 Å². The number of thiazole rings is 1. The van der Waals surface area contributed by atoms with Crippen LogP contribution in [0.4, 0.5) is 0 Å². The standard InChI is InChI=1S/C13H9NOS.2C2H5.Ga/c15-11-7-3-1-5-9(11)13-14-10-6-2-4-8-12(10)16-13;2*1-2;/h1-8,15H;2*1H2,2H3;/p-1. The third kappa shape index (κ3) is 4.91. The molecule has 0 saturated carbocycles. The largest absolute Gasteiger partial charge is 0.872 e. The Labute approximate surface area is 143 Å². The number of rotatable bonds is 1. The number of hydrogen-bond acceptors (Lipinski definition) is 3. The van der Waals surface area contributed by atoms with Crippen molar-refractivity contribution in [1.29, 1.82) is 0 Å². The molecule has 0 fully saturated rings. The van der Waals surface area contributed by atoms with E-state index >= 15 is 0 Å². The maximum absolute atomic E-state index is 11.7. The summed E-state index contributed by atoms with van der Waals surface area (Å²) in [5.74, 6) is 0.0292. The van der Waals surface area contributed by atoms with Gasteiger partial charge in [0.1, 0.15) is 5.01 Å². The monoisotopic (exact) mass is 353 g/mol. The van der Waals surface area contributed by atoms with E-state index in [9.17, 15) is 5.11 Å². The summed E-state index contributed by atoms with van der Waals surface area (Å²) in [7, 11) is 0. The molecule has 0 saturated heterocycles. The van der Waals surface area contributed by atoms with Crippen LogP contribution in [0.25, 0.3) is 20.8 Å². The average molecular weight is 354 g/mol. The van der Waals surface area contributed by atoms with E-state index < -0.39 is 0 Å². The summed E-state index contributed by atoms with van der Waals surface area (Å²) in [5, 5.41) is 12.5. The Morgan fingerprint density at radius 2 is 1.48 bits per heavy atom. The maximum atomic E-state index is 11.7. The number of fused-ring (bicyclic) bond motifs is 1. The number of hydrogen-bond donors (Lipinski definition) is 0. The van der Waals surface area contributed by atoms with Gasteiger partial charge >= 0.3 is 0 Å². The van der Waals surface area contributed by atoms with Crippen LogP contribution in [0.2, 0.25) is 0 Å². The fourth-order valence-electron chi connectivity index (χ4n) is 1.63. The smallest absolute Gasteiger partial charge is 0.123 e. The van der Waals surface area contributed by atoms with Crippen molar-refractivity contribution in [3.05, 3.63) is 62.4 Å². The normalized spacial score (nSPS) is 8.76. The Kier molecular flexibility index (Phi) is 9.87. The predicted octanol–water partition coefficient (Wildman–Crippen LogP) is 4.34. The van der Waals surface area contributed by atoms with E-state index in [4.69, 9.17) is 0 Å². The zero-order chi connectivity index (χ0) is 15.0. The molecule has 2 aromatic carbocycles. The Hall–Kier alpha value is -1.23. The van der Waals surface area contributed by atoms with Gasteiger partial charge < -0.3 is 5.11 Å². The molecule has 0 amide bonds. The van der Waals surface area contributed by atoms with Gasteiger partial charge in [-0.2, -0.15) is 0 Å². The van der Waals surface area contributed by atoms with Gasteiger partial charge in [0.25, 0.3) is 0 Å². The Morgan fingerprint density at radius 1 is 0.905 bits per heavy atom. The molecule has 1 aromatic heterocycles. The molecule has 0 unspecified atom stereocenters. The molecule has 1 heterocycles. The van der Waals surface area contributed by atoms with Crippen LogP contribution >= 0.6 is 11.3 Å². The van der Waals surface area contributed by atoms with E-state index in [0.29, 0.717) is 5.56 Å². The number of aromatic nitrogens is 1. The van der Waals surface area contributed by atoms with Crippen molar-refractivity contribution in [2.45, 2.75) is 13.8 Å². The van der Waals surface area contributed by atoms with Crippen LogP contribution in [0.5, 0.6) is 5.75 Å². The number of para-hydroxylation sites is 2. The predicted molar refractivity (Wildman–Crippen MR) is 92.3 cm³/mol. The van der Waals surface area contributed by atoms with Crippen LogP contribution < -0.4 is 5.11 Å². The third-order valence-corrected chi connectivity index (χ3v) is 3.48. The molecule has 0 aliphatic heterocycles. The van der Waals surface area contributed by atoms with Gasteiger partial charge in [-0.25, -0.2) is 4.98 Å². The van der Waals surface area contributed by atoms with Gasteiger partial charge in [0.2, 0.25) is 0 Å². The first-order valence-electron chi connectivity index (χ1n) is 6.38. The van der Waals surface area contributed by atoms with E-state index in [1.807, 2.05) is 36.4 Å². The minimum atomic E-state index is 0. The molecule has 0 aliphatic carbocycles. The summed E-state index contributed by atoms with van der Waals surface area (Å²) in [6.45, 7) is 10.0. The van der Waals surface area contributed by atoms with Crippen LogP contribution in [0.15, 0.2) is 48.5 Å². The van der Waals surface area contributed by atoms with E-state index in [1.165, 1.54) is 0 Å². The van der Waals surface area contributed by atoms with Crippen molar-refractivity contribution in [3.63, 3.8) is 0 Å². The van der Waals surface area contributed by atoms with Crippen molar-refractivity contribution in [3.8, 4) is 16.3 Å². The molecule has 107 valence electrons. The Bertz CT molecular complexity index is 619. The second-order valence-corrected chi connectivity index (χ2v) is 4.51. The van der Waals surface area contributed by atoms with Crippen molar-refractivity contribution >= 4 is 41.3 Å². The number of benzene rings is 2. The van der Waals surface area contributed by atoms with Crippen LogP contribution in [0.1, 0.15) is 13.8 Å². The van der Waals surface area contributed by atoms with Gasteiger partial charge in [-0.3, -0.25) is 0 Å². The summed E-state index contributed by atoms with van der Waals surface area (Å²) in [4.78, 5) is 4.46. The van der Waals surface area contributed by atoms with Crippen molar-refractivity contribution in [1.82, 2.24) is 4.98 Å². The molecule has 0 spiro atoms. The first-order chi connectivity index (χ1) is 9.84. The van der Waals surface area contributed by atoms with Gasteiger partial charge in [0.05, 0.1) is 10.2 Å². The quantitative estimate of drug-likeness (QED) is 0.610. The SMILES string of the molecule is [CH2]C.[CH2]C.[Ga].[O-]c1ccccc1-c1nc2ccccc2s1. The van der Waals surface area contributed by atoms with E-state index in [2.05, 4.69) is 18.8 Å². The molecule has 0 bridgehead atoms. The van der Waals surface area contributed by atoms with E-state index in [1.54, 1.807) is 37.3 Å². The zero-order valence-electron chi connectivity index (χ0n) is 12.4. The summed E-state index contributed by atoms with van der Waals surface area (Å²) in [6, 6.07) is 14.9. The van der Waals surface area contributed by atoms with Crippen LogP contribution in [-0.4, -0.2) is 24.8 Å². The zero-order valence-corrected chi connectivity index (χ0v) is 15.6. The molecule has 5 radical (unpaired) electrons. The molecule has 4 heteroatoms. The summed E-state index contributed by atoms with van der Waals surface area (Å²) < 4.78 is 1.11. The molecule has 0 N–H and O–H groups in total. The van der Waals surface area contributed by atoms with Gasteiger partial charge in [0, 0.05) is 25.4 Å². The molecule has 21 heavy (non-hydrogen) atoms. The summed E-state index contributed by atoms with van der Waals surface area (Å²) in [5.41, 5.74) is 1.63. The van der Waals surface area contributed by atoms with Gasteiger partial charge in [-0.1, -0.05) is 69.8 Å². The van der Waals surface area contributed by atoms with Gasteiger partial charge in [0.15, 0.2) is 0 Å². The third-order valence-electron chi connectivity index (χ3n) is 2.41. The van der Waals surface area contributed by atoms with Crippen molar-refractivity contribution < 1.29 is 5.11 Å². The summed E-state index contributed by atoms with van der Waals surface area (Å²) in [6.07, 6.45) is 0. The molecule has 3 aromatic rings. The molecule has 2 nitrogen and oxygen atoms in total. The summed E-state index contributed by atoms with van der Waals surface area (Å²) >= 11 is 1.55.